The molecule has 0 aliphatic rings. The van der Waals surface area contributed by atoms with E-state index >= 15 is 0 Å². The van der Waals surface area contributed by atoms with Gasteiger partial charge in [0.05, 0.1) is 17.3 Å². The number of fused-ring (bicyclic) bond motifs is 1. The minimum absolute atomic E-state index is 0.203. The third-order valence-corrected chi connectivity index (χ3v) is 2.73. The van der Waals surface area contributed by atoms with Crippen LogP contribution in [-0.2, 0) is 0 Å². The number of hydrogen-bond donors (Lipinski definition) is 0. The Bertz CT molecular complexity index is 487. The Morgan fingerprint density at radius 1 is 1.38 bits per heavy atom. The second-order valence-electron chi connectivity index (χ2n) is 3.97. The second-order valence-corrected chi connectivity index (χ2v) is 3.97. The van der Waals surface area contributed by atoms with E-state index in [0.29, 0.717) is 6.42 Å². The molecule has 0 atom stereocenters. The molecule has 0 N–H and O–H groups in total. The van der Waals surface area contributed by atoms with Gasteiger partial charge in [-0.05, 0) is 18.6 Å². The summed E-state index contributed by atoms with van der Waals surface area (Å²) in [6.07, 6.45) is 7.39. The standard InChI is InChI=1S/C13H16N2O/c1-2-3-4-8-13(16)11-10-14-15-9-6-5-7-12(11)15/h5-7,9-10H,2-4,8H2,1H3. The summed E-state index contributed by atoms with van der Waals surface area (Å²) < 4.78 is 1.74. The Labute approximate surface area is 95.1 Å². The highest BCUT2D eigenvalue weighted by Crippen LogP contribution is 2.14. The van der Waals surface area contributed by atoms with Gasteiger partial charge in [-0.25, -0.2) is 4.52 Å². The number of carbonyl (C=O) groups excluding carboxylic acids is 1. The van der Waals surface area contributed by atoms with Crippen LogP contribution in [0.25, 0.3) is 5.52 Å². The zero-order valence-corrected chi connectivity index (χ0v) is 9.52. The lowest BCUT2D eigenvalue weighted by molar-refractivity contribution is 0.0981. The molecule has 2 rings (SSSR count). The minimum atomic E-state index is 0.203. The SMILES string of the molecule is CCCCCC(=O)c1cnn2ccccc12. The molecule has 0 amide bonds. The zero-order chi connectivity index (χ0) is 11.4. The Kier molecular flexibility index (Phi) is 3.34. The van der Waals surface area contributed by atoms with Gasteiger partial charge in [0.2, 0.25) is 0 Å². The smallest absolute Gasteiger partial charge is 0.166 e. The number of pyridine rings is 1. The van der Waals surface area contributed by atoms with Gasteiger partial charge in [-0.2, -0.15) is 5.10 Å². The lowest BCUT2D eigenvalue weighted by Crippen LogP contribution is -1.98. The molecule has 16 heavy (non-hydrogen) atoms. The van der Waals surface area contributed by atoms with E-state index in [4.69, 9.17) is 0 Å². The van der Waals surface area contributed by atoms with E-state index in [-0.39, 0.29) is 5.78 Å². The number of carbonyl (C=O) groups is 1. The van der Waals surface area contributed by atoms with Crippen LogP contribution in [0.15, 0.2) is 30.6 Å². The molecule has 2 aromatic rings. The summed E-state index contributed by atoms with van der Waals surface area (Å²) in [7, 11) is 0. The molecule has 0 spiro atoms. The number of Topliss-reactive ketones (excluding diaryl/α,β-unsaturated/α-hetero) is 1. The number of unbranched alkanes of at least 4 members (excludes halogenated alkanes) is 2. The van der Waals surface area contributed by atoms with Gasteiger partial charge in [-0.1, -0.05) is 25.8 Å². The molecule has 3 nitrogen and oxygen atoms in total. The fraction of sp³-hybridized carbons (Fsp3) is 0.385. The quantitative estimate of drug-likeness (QED) is 0.568. The first kappa shape index (κ1) is 10.9. The molecule has 84 valence electrons. The number of rotatable bonds is 5. The van der Waals surface area contributed by atoms with Crippen molar-refractivity contribution >= 4 is 11.3 Å². The maximum atomic E-state index is 11.9. The van der Waals surface area contributed by atoms with Gasteiger partial charge in [0.25, 0.3) is 0 Å². The van der Waals surface area contributed by atoms with Crippen LogP contribution in [0.4, 0.5) is 0 Å². The van der Waals surface area contributed by atoms with Crippen molar-refractivity contribution in [3.05, 3.63) is 36.2 Å². The number of nitrogens with zero attached hydrogens (tertiary/aromatic N) is 2. The highest BCUT2D eigenvalue weighted by molar-refractivity contribution is 6.02. The Balaban J connectivity index is 2.17. The van der Waals surface area contributed by atoms with Crippen molar-refractivity contribution in [3.63, 3.8) is 0 Å². The van der Waals surface area contributed by atoms with Crippen molar-refractivity contribution in [2.75, 3.05) is 0 Å². The van der Waals surface area contributed by atoms with Crippen molar-refractivity contribution in [1.82, 2.24) is 9.61 Å². The Morgan fingerprint density at radius 3 is 3.06 bits per heavy atom. The van der Waals surface area contributed by atoms with Gasteiger partial charge in [0.1, 0.15) is 0 Å². The van der Waals surface area contributed by atoms with Crippen molar-refractivity contribution < 1.29 is 4.79 Å². The summed E-state index contributed by atoms with van der Waals surface area (Å²) >= 11 is 0. The first-order chi connectivity index (χ1) is 7.83. The molecule has 0 aliphatic heterocycles. The minimum Gasteiger partial charge on any atom is -0.294 e. The Morgan fingerprint density at radius 2 is 2.25 bits per heavy atom. The molecular weight excluding hydrogens is 200 g/mol. The van der Waals surface area contributed by atoms with Crippen LogP contribution in [0.5, 0.6) is 0 Å². The summed E-state index contributed by atoms with van der Waals surface area (Å²) in [4.78, 5) is 11.9. The van der Waals surface area contributed by atoms with Crippen molar-refractivity contribution in [2.45, 2.75) is 32.6 Å². The van der Waals surface area contributed by atoms with E-state index in [0.717, 1.165) is 30.3 Å². The molecule has 0 aromatic carbocycles. The molecule has 2 heterocycles. The first-order valence-corrected chi connectivity index (χ1v) is 5.78. The van der Waals surface area contributed by atoms with E-state index in [1.165, 1.54) is 0 Å². The van der Waals surface area contributed by atoms with Crippen molar-refractivity contribution in [1.29, 1.82) is 0 Å². The fourth-order valence-corrected chi connectivity index (χ4v) is 1.82. The maximum Gasteiger partial charge on any atom is 0.166 e. The average Bonchev–Trinajstić information content (AvgIpc) is 2.73. The van der Waals surface area contributed by atoms with Crippen LogP contribution in [0.3, 0.4) is 0 Å². The molecule has 0 aliphatic carbocycles. The van der Waals surface area contributed by atoms with Gasteiger partial charge in [-0.15, -0.1) is 0 Å². The lowest BCUT2D eigenvalue weighted by atomic mass is 10.1. The third-order valence-electron chi connectivity index (χ3n) is 2.73. The van der Waals surface area contributed by atoms with Crippen LogP contribution in [0, 0.1) is 0 Å². The molecule has 0 fully saturated rings. The van der Waals surface area contributed by atoms with Crippen LogP contribution in [-0.4, -0.2) is 15.4 Å². The first-order valence-electron chi connectivity index (χ1n) is 5.78. The molecular formula is C13H16N2O. The topological polar surface area (TPSA) is 34.4 Å². The molecule has 0 bridgehead atoms. The van der Waals surface area contributed by atoms with E-state index in [2.05, 4.69) is 12.0 Å². The van der Waals surface area contributed by atoms with Crippen molar-refractivity contribution in [3.8, 4) is 0 Å². The molecule has 0 saturated heterocycles. The fourth-order valence-electron chi connectivity index (χ4n) is 1.82. The average molecular weight is 216 g/mol. The Hall–Kier alpha value is -1.64. The van der Waals surface area contributed by atoms with Crippen LogP contribution in [0.2, 0.25) is 0 Å². The maximum absolute atomic E-state index is 11.9. The van der Waals surface area contributed by atoms with Crippen molar-refractivity contribution in [2.24, 2.45) is 0 Å². The number of ketones is 1. The molecule has 0 saturated carbocycles. The van der Waals surface area contributed by atoms with Crippen LogP contribution in [0.1, 0.15) is 43.0 Å². The second kappa shape index (κ2) is 4.92. The van der Waals surface area contributed by atoms with Gasteiger partial charge in [0, 0.05) is 12.6 Å². The summed E-state index contributed by atoms with van der Waals surface area (Å²) in [5.74, 6) is 0.203. The highest BCUT2D eigenvalue weighted by atomic mass is 16.1. The molecule has 2 aromatic heterocycles. The molecule has 3 heteroatoms. The summed E-state index contributed by atoms with van der Waals surface area (Å²) in [5, 5.41) is 4.16. The van der Waals surface area contributed by atoms with Gasteiger partial charge < -0.3 is 0 Å². The number of aromatic nitrogens is 2. The third kappa shape index (κ3) is 2.13. The molecule has 0 radical (unpaired) electrons. The molecule has 0 unspecified atom stereocenters. The lowest BCUT2D eigenvalue weighted by Gasteiger charge is -1.98. The van der Waals surface area contributed by atoms with Gasteiger partial charge in [-0.3, -0.25) is 4.79 Å². The van der Waals surface area contributed by atoms with Gasteiger partial charge >= 0.3 is 0 Å². The van der Waals surface area contributed by atoms with Gasteiger partial charge in [0.15, 0.2) is 5.78 Å². The zero-order valence-electron chi connectivity index (χ0n) is 9.52. The largest absolute Gasteiger partial charge is 0.294 e. The monoisotopic (exact) mass is 216 g/mol. The summed E-state index contributed by atoms with van der Waals surface area (Å²) in [6, 6.07) is 5.77. The van der Waals surface area contributed by atoms with Crippen LogP contribution < -0.4 is 0 Å². The predicted molar refractivity (Wildman–Crippen MR) is 63.7 cm³/mol. The van der Waals surface area contributed by atoms with E-state index < -0.39 is 0 Å². The van der Waals surface area contributed by atoms with Crippen LogP contribution >= 0.6 is 0 Å². The predicted octanol–water partition coefficient (Wildman–Crippen LogP) is 3.10. The summed E-state index contributed by atoms with van der Waals surface area (Å²) in [5.41, 5.74) is 1.65. The van der Waals surface area contributed by atoms with E-state index in [1.54, 1.807) is 10.7 Å². The van der Waals surface area contributed by atoms with E-state index in [1.807, 2.05) is 24.4 Å². The number of hydrogen-bond acceptors (Lipinski definition) is 2. The van der Waals surface area contributed by atoms with E-state index in [9.17, 15) is 4.79 Å². The highest BCUT2D eigenvalue weighted by Gasteiger charge is 2.11. The summed E-state index contributed by atoms with van der Waals surface area (Å²) in [6.45, 7) is 2.14. The normalized spacial score (nSPS) is 10.8.